The van der Waals surface area contributed by atoms with Crippen LogP contribution in [0, 0.1) is 12.3 Å². The average molecular weight is 413 g/mol. The van der Waals surface area contributed by atoms with Crippen molar-refractivity contribution in [2.45, 2.75) is 34.0 Å². The topological polar surface area (TPSA) is 26.0 Å². The van der Waals surface area contributed by atoms with E-state index < -0.39 is 18.6 Å². The van der Waals surface area contributed by atoms with Crippen molar-refractivity contribution in [3.63, 3.8) is 0 Å². The van der Waals surface area contributed by atoms with Crippen molar-refractivity contribution in [3.05, 3.63) is 90.1 Å². The predicted molar refractivity (Wildman–Crippen MR) is 130 cm³/mol. The Hall–Kier alpha value is -3.39. The third-order valence-corrected chi connectivity index (χ3v) is 5.09. The van der Waals surface area contributed by atoms with Gasteiger partial charge in [-0.25, -0.2) is 0 Å². The SMILES string of the molecule is [2H]c1cc(C([2H])([2H])C(C)(C)C)cc([2H])c1-c1ccnc(-c2cccc3c2oc2cc(C([2H])([2H])[2H])ccc23)c1. The van der Waals surface area contributed by atoms with Crippen LogP contribution in [0.3, 0.4) is 0 Å². The summed E-state index contributed by atoms with van der Waals surface area (Å²) in [5.74, 6) is 0. The molecule has 2 aromatic heterocycles. The van der Waals surface area contributed by atoms with E-state index in [2.05, 4.69) is 4.98 Å². The van der Waals surface area contributed by atoms with Crippen molar-refractivity contribution in [2.24, 2.45) is 5.41 Å². The first-order valence-corrected chi connectivity index (χ1v) is 10.2. The van der Waals surface area contributed by atoms with Gasteiger partial charge in [0.2, 0.25) is 0 Å². The quantitative estimate of drug-likeness (QED) is 0.298. The number of benzene rings is 3. The number of nitrogens with zero attached hydrogens (tertiary/aromatic N) is 1. The maximum Gasteiger partial charge on any atom is 0.144 e. The molecule has 0 N–H and O–H groups in total. The van der Waals surface area contributed by atoms with Crippen LogP contribution in [-0.2, 0) is 6.37 Å². The van der Waals surface area contributed by atoms with Crippen molar-refractivity contribution in [1.82, 2.24) is 4.98 Å². The summed E-state index contributed by atoms with van der Waals surface area (Å²) in [6.07, 6.45) is -0.100. The predicted octanol–water partition coefficient (Wildman–Crippen LogP) is 8.21. The highest BCUT2D eigenvalue weighted by Crippen LogP contribution is 2.36. The second kappa shape index (κ2) is 7.39. The molecule has 2 heteroatoms. The Kier molecular flexibility index (Phi) is 3.12. The van der Waals surface area contributed by atoms with Gasteiger partial charge in [0.1, 0.15) is 11.2 Å². The van der Waals surface area contributed by atoms with Crippen LogP contribution in [0.1, 0.15) is 41.5 Å². The molecular formula is C29H27NO. The molecule has 0 fully saturated rings. The van der Waals surface area contributed by atoms with Crippen LogP contribution in [0.5, 0.6) is 0 Å². The fraction of sp³-hybridized carbons (Fsp3) is 0.207. The van der Waals surface area contributed by atoms with E-state index in [9.17, 15) is 0 Å². The molecule has 31 heavy (non-hydrogen) atoms. The van der Waals surface area contributed by atoms with E-state index in [1.807, 2.05) is 18.2 Å². The van der Waals surface area contributed by atoms with Gasteiger partial charge in [0, 0.05) is 29.4 Å². The summed E-state index contributed by atoms with van der Waals surface area (Å²) in [6.45, 7) is 3.15. The highest BCUT2D eigenvalue weighted by Gasteiger charge is 2.14. The molecule has 2 heterocycles. The zero-order chi connectivity index (χ0) is 27.6. The lowest BCUT2D eigenvalue weighted by atomic mass is 9.87. The molecule has 5 rings (SSSR count). The molecule has 154 valence electrons. The molecule has 0 aliphatic carbocycles. The third-order valence-electron chi connectivity index (χ3n) is 5.09. The van der Waals surface area contributed by atoms with Gasteiger partial charge in [-0.15, -0.1) is 0 Å². The summed E-state index contributed by atoms with van der Waals surface area (Å²) in [5, 5.41) is 1.63. The Morgan fingerprint density at radius 1 is 0.968 bits per heavy atom. The number of fused-ring (bicyclic) bond motifs is 3. The van der Waals surface area contributed by atoms with E-state index in [4.69, 9.17) is 14.0 Å². The maximum atomic E-state index is 8.65. The number of hydrogen-bond acceptors (Lipinski definition) is 2. The molecule has 0 saturated carbocycles. The van der Waals surface area contributed by atoms with Crippen LogP contribution in [0.15, 0.2) is 83.4 Å². The summed E-state index contributed by atoms with van der Waals surface area (Å²) in [6, 6.07) is 17.2. The van der Waals surface area contributed by atoms with Crippen LogP contribution in [-0.4, -0.2) is 4.98 Å². The smallest absolute Gasteiger partial charge is 0.144 e. The number of hydrogen-bond donors (Lipinski definition) is 0. The lowest BCUT2D eigenvalue weighted by Crippen LogP contribution is -2.08. The minimum atomic E-state index is -2.24. The number of furan rings is 1. The standard InChI is InChI=1S/C29H27NO/c1-19-8-13-23-24-6-5-7-25(28(24)31-27(23)16-19)26-17-22(14-15-30-26)21-11-9-20(10-12-21)18-29(2,3)4/h5-17H,18H2,1-4H3/i1D3,11D,12D,18D2. The van der Waals surface area contributed by atoms with Gasteiger partial charge in [-0.1, -0.05) is 69.3 Å². The van der Waals surface area contributed by atoms with E-state index >= 15 is 0 Å². The third kappa shape index (κ3) is 3.86. The molecule has 0 saturated heterocycles. The van der Waals surface area contributed by atoms with Gasteiger partial charge in [0.15, 0.2) is 0 Å². The van der Waals surface area contributed by atoms with Crippen LogP contribution < -0.4 is 0 Å². The zero-order valence-electron chi connectivity index (χ0n) is 24.7. The van der Waals surface area contributed by atoms with Gasteiger partial charge in [-0.05, 0) is 65.2 Å². The number of rotatable bonds is 3. The molecule has 2 nitrogen and oxygen atoms in total. The Labute approximate surface area is 193 Å². The van der Waals surface area contributed by atoms with E-state index in [1.54, 1.807) is 57.3 Å². The summed E-state index contributed by atoms with van der Waals surface area (Å²) < 4.78 is 63.7. The first kappa shape index (κ1) is 13.1. The van der Waals surface area contributed by atoms with Crippen LogP contribution >= 0.6 is 0 Å². The van der Waals surface area contributed by atoms with Gasteiger partial charge < -0.3 is 4.42 Å². The molecule has 5 aromatic rings. The van der Waals surface area contributed by atoms with Crippen molar-refractivity contribution in [2.75, 3.05) is 0 Å². The molecule has 0 aliphatic heterocycles. The van der Waals surface area contributed by atoms with E-state index in [0.717, 1.165) is 10.8 Å². The second-order valence-corrected chi connectivity index (χ2v) is 8.71. The first-order chi connectivity index (χ1) is 17.7. The van der Waals surface area contributed by atoms with Gasteiger partial charge in [0.05, 0.1) is 8.44 Å². The Bertz CT molecular complexity index is 1670. The first-order valence-electron chi connectivity index (χ1n) is 13.7. The minimum Gasteiger partial charge on any atom is -0.455 e. The molecule has 0 spiro atoms. The number of para-hydroxylation sites is 1. The molecule has 0 aliphatic rings. The molecule has 3 aromatic carbocycles. The van der Waals surface area contributed by atoms with Gasteiger partial charge in [-0.2, -0.15) is 0 Å². The lowest BCUT2D eigenvalue weighted by Gasteiger charge is -2.18. The van der Waals surface area contributed by atoms with E-state index in [0.29, 0.717) is 39.1 Å². The summed E-state index contributed by atoms with van der Waals surface area (Å²) in [4.78, 5) is 4.53. The van der Waals surface area contributed by atoms with Gasteiger partial charge in [0.25, 0.3) is 0 Å². The number of aromatic nitrogens is 1. The molecule has 0 unspecified atom stereocenters. The maximum absolute atomic E-state index is 8.65. The van der Waals surface area contributed by atoms with Gasteiger partial charge >= 0.3 is 0 Å². The molecular weight excluding hydrogens is 378 g/mol. The molecule has 0 radical (unpaired) electrons. The van der Waals surface area contributed by atoms with Crippen LogP contribution in [0.2, 0.25) is 0 Å². The molecule has 0 bridgehead atoms. The van der Waals surface area contributed by atoms with Crippen molar-refractivity contribution in [3.8, 4) is 22.4 Å². The largest absolute Gasteiger partial charge is 0.455 e. The summed E-state index contributed by atoms with van der Waals surface area (Å²) in [7, 11) is 0. The van der Waals surface area contributed by atoms with Crippen LogP contribution in [0.4, 0.5) is 0 Å². The second-order valence-electron chi connectivity index (χ2n) is 8.71. The number of pyridine rings is 1. The Morgan fingerprint density at radius 2 is 1.81 bits per heavy atom. The van der Waals surface area contributed by atoms with Crippen molar-refractivity contribution in [1.29, 1.82) is 0 Å². The fourth-order valence-electron chi connectivity index (χ4n) is 3.79. The van der Waals surface area contributed by atoms with Crippen molar-refractivity contribution >= 4 is 21.9 Å². The molecule has 0 amide bonds. The zero-order valence-corrected chi connectivity index (χ0v) is 17.7. The van der Waals surface area contributed by atoms with Crippen LogP contribution in [0.25, 0.3) is 44.3 Å². The fourth-order valence-corrected chi connectivity index (χ4v) is 3.79. The Balaban J connectivity index is 1.63. The number of aryl methyl sites for hydroxylation is 1. The monoisotopic (exact) mass is 412 g/mol. The highest BCUT2D eigenvalue weighted by atomic mass is 16.3. The van der Waals surface area contributed by atoms with E-state index in [-0.39, 0.29) is 17.6 Å². The summed E-state index contributed by atoms with van der Waals surface area (Å²) in [5.41, 5.74) is 3.14. The average Bonchev–Trinajstić information content (AvgIpc) is 3.20. The van der Waals surface area contributed by atoms with Gasteiger partial charge in [-0.3, -0.25) is 4.98 Å². The molecule has 0 atom stereocenters. The minimum absolute atomic E-state index is 0.0666. The lowest BCUT2D eigenvalue weighted by molar-refractivity contribution is 0.411. The van der Waals surface area contributed by atoms with Crippen molar-refractivity contribution < 1.29 is 14.0 Å². The highest BCUT2D eigenvalue weighted by molar-refractivity contribution is 6.09. The Morgan fingerprint density at radius 3 is 2.58 bits per heavy atom. The van der Waals surface area contributed by atoms with E-state index in [1.165, 1.54) is 12.1 Å². The normalized spacial score (nSPS) is 16.2. The summed E-state index contributed by atoms with van der Waals surface area (Å²) >= 11 is 0.